The van der Waals surface area contributed by atoms with Gasteiger partial charge in [0.2, 0.25) is 5.91 Å². The number of amides is 1. The Morgan fingerprint density at radius 3 is 2.69 bits per heavy atom. The van der Waals surface area contributed by atoms with Gasteiger partial charge in [0.05, 0.1) is 17.8 Å². The van der Waals surface area contributed by atoms with E-state index in [4.69, 9.17) is 9.47 Å². The second-order valence-electron chi connectivity index (χ2n) is 11.2. The van der Waals surface area contributed by atoms with Gasteiger partial charge in [0, 0.05) is 42.3 Å². The predicted octanol–water partition coefficient (Wildman–Crippen LogP) is 3.95. The molecule has 45 heavy (non-hydrogen) atoms. The van der Waals surface area contributed by atoms with Crippen LogP contribution in [0.15, 0.2) is 48.1 Å². The van der Waals surface area contributed by atoms with Crippen LogP contribution in [0, 0.1) is 5.82 Å². The van der Waals surface area contributed by atoms with Gasteiger partial charge in [0.15, 0.2) is 16.6 Å². The van der Waals surface area contributed by atoms with Gasteiger partial charge in [-0.3, -0.25) is 9.59 Å². The summed E-state index contributed by atoms with van der Waals surface area (Å²) >= 11 is 1.32. The Hall–Kier alpha value is -4.89. The summed E-state index contributed by atoms with van der Waals surface area (Å²) in [6, 6.07) is 7.02. The molecule has 2 aromatic heterocycles. The summed E-state index contributed by atoms with van der Waals surface area (Å²) in [5, 5.41) is 35.4. The van der Waals surface area contributed by atoms with Crippen LogP contribution in [-0.4, -0.2) is 61.2 Å². The summed E-state index contributed by atoms with van der Waals surface area (Å²) in [7, 11) is 0. The zero-order chi connectivity index (χ0) is 31.8. The summed E-state index contributed by atoms with van der Waals surface area (Å²) < 4.78 is 28.2. The molecule has 0 bridgehead atoms. The summed E-state index contributed by atoms with van der Waals surface area (Å²) in [4.78, 5) is 40.0. The number of benzene rings is 2. The highest BCUT2D eigenvalue weighted by molar-refractivity contribution is 7.13. The number of rotatable bonds is 12. The SMILES string of the molecule is CC1(CC(=O)Nc2nccs2)NCCc2cc(OCCn3cc(C4(C(=O)O)CC4)nn3)c(Oc3ccc(C(=O)O)c(F)c3)cc21. The normalized spacial score (nSPS) is 18.1. The van der Waals surface area contributed by atoms with E-state index in [1.807, 2.05) is 13.0 Å². The number of aliphatic carboxylic acids is 1. The maximum absolute atomic E-state index is 14.5. The Labute approximate surface area is 260 Å². The zero-order valence-electron chi connectivity index (χ0n) is 24.1. The van der Waals surface area contributed by atoms with Crippen LogP contribution in [0.4, 0.5) is 9.52 Å². The van der Waals surface area contributed by atoms with E-state index >= 15 is 0 Å². The van der Waals surface area contributed by atoms with Crippen LogP contribution >= 0.6 is 11.3 Å². The number of carboxylic acid groups (broad SMARTS) is 2. The second-order valence-corrected chi connectivity index (χ2v) is 12.1. The Bertz CT molecular complexity index is 1770. The molecule has 1 unspecified atom stereocenters. The number of aromatic carboxylic acids is 1. The van der Waals surface area contributed by atoms with Gasteiger partial charge in [0.25, 0.3) is 0 Å². The topological polar surface area (TPSA) is 178 Å². The van der Waals surface area contributed by atoms with Crippen molar-refractivity contribution < 1.29 is 38.5 Å². The number of fused-ring (bicyclic) bond motifs is 1. The van der Waals surface area contributed by atoms with E-state index in [1.54, 1.807) is 23.8 Å². The quantitative estimate of drug-likeness (QED) is 0.177. The number of hydrogen-bond donors (Lipinski definition) is 4. The Morgan fingerprint density at radius 1 is 1.18 bits per heavy atom. The van der Waals surface area contributed by atoms with Gasteiger partial charge in [-0.25, -0.2) is 18.9 Å². The number of hydrogen-bond acceptors (Lipinski definition) is 10. The van der Waals surface area contributed by atoms with E-state index in [-0.39, 0.29) is 37.0 Å². The molecule has 1 aliphatic carbocycles. The number of anilines is 1. The molecule has 1 saturated carbocycles. The van der Waals surface area contributed by atoms with Crippen molar-refractivity contribution in [2.75, 3.05) is 18.5 Å². The Kier molecular flexibility index (Phi) is 7.97. The summed E-state index contributed by atoms with van der Waals surface area (Å²) in [6.07, 6.45) is 4.97. The van der Waals surface area contributed by atoms with Gasteiger partial charge < -0.3 is 30.3 Å². The van der Waals surface area contributed by atoms with Crippen LogP contribution in [0.25, 0.3) is 0 Å². The number of carboxylic acids is 2. The molecule has 1 aliphatic heterocycles. The number of nitrogens with one attached hydrogen (secondary N) is 2. The Morgan fingerprint density at radius 2 is 2.00 bits per heavy atom. The highest BCUT2D eigenvalue weighted by Gasteiger charge is 2.54. The standard InChI is InChI=1S/C30H29FN6O7S/c1-29(15-25(38)34-28-32-8-11-45-28)20-14-23(44-18-2-3-19(26(39)40)21(31)13-18)22(12-17(20)4-7-33-29)43-10-9-37-16-24(35-36-37)30(5-6-30)27(41)42/h2-3,8,11-14,16,33H,4-7,9-10,15H2,1H3,(H,39,40)(H,41,42)(H,32,34,38). The monoisotopic (exact) mass is 636 g/mol. The third-order valence-corrected chi connectivity index (χ3v) is 8.72. The van der Waals surface area contributed by atoms with Gasteiger partial charge in [-0.2, -0.15) is 0 Å². The van der Waals surface area contributed by atoms with Gasteiger partial charge in [-0.15, -0.1) is 16.4 Å². The molecule has 4 N–H and O–H groups in total. The van der Waals surface area contributed by atoms with Crippen molar-refractivity contribution in [1.29, 1.82) is 0 Å². The van der Waals surface area contributed by atoms with Crippen molar-refractivity contribution in [3.63, 3.8) is 0 Å². The molecular weight excluding hydrogens is 607 g/mol. The minimum Gasteiger partial charge on any atom is -0.488 e. The van der Waals surface area contributed by atoms with E-state index < -0.39 is 34.3 Å². The molecule has 0 spiro atoms. The summed E-state index contributed by atoms with van der Waals surface area (Å²) in [5.74, 6) is -2.88. The van der Waals surface area contributed by atoms with Crippen LogP contribution < -0.4 is 20.1 Å². The van der Waals surface area contributed by atoms with Crippen molar-refractivity contribution in [2.24, 2.45) is 0 Å². The smallest absolute Gasteiger partial charge is 0.338 e. The van der Waals surface area contributed by atoms with Crippen molar-refractivity contribution in [2.45, 2.75) is 50.1 Å². The fourth-order valence-corrected chi connectivity index (χ4v) is 6.00. The van der Waals surface area contributed by atoms with Crippen LogP contribution in [0.2, 0.25) is 0 Å². The number of carbonyl (C=O) groups is 3. The van der Waals surface area contributed by atoms with Crippen molar-refractivity contribution in [3.8, 4) is 17.2 Å². The van der Waals surface area contributed by atoms with E-state index in [9.17, 15) is 29.0 Å². The zero-order valence-corrected chi connectivity index (χ0v) is 24.9. The van der Waals surface area contributed by atoms with Crippen LogP contribution in [0.3, 0.4) is 0 Å². The fourth-order valence-electron chi connectivity index (χ4n) is 5.45. The molecule has 234 valence electrons. The minimum absolute atomic E-state index is 0.0543. The highest BCUT2D eigenvalue weighted by atomic mass is 32.1. The minimum atomic E-state index is -1.40. The van der Waals surface area contributed by atoms with Crippen LogP contribution in [0.1, 0.15) is 53.4 Å². The first-order valence-electron chi connectivity index (χ1n) is 14.2. The average Bonchev–Trinajstić information content (AvgIpc) is 3.39. The molecule has 4 aromatic rings. The van der Waals surface area contributed by atoms with Gasteiger partial charge in [0.1, 0.15) is 23.6 Å². The Balaban J connectivity index is 1.26. The molecule has 1 atom stereocenters. The summed E-state index contributed by atoms with van der Waals surface area (Å²) in [6.45, 7) is 2.89. The first kappa shape index (κ1) is 30.1. The first-order valence-corrected chi connectivity index (χ1v) is 15.0. The van der Waals surface area contributed by atoms with Crippen molar-refractivity contribution >= 4 is 34.3 Å². The third kappa shape index (κ3) is 6.21. The molecule has 0 saturated heterocycles. The number of halogens is 1. The highest BCUT2D eigenvalue weighted by Crippen LogP contribution is 2.47. The van der Waals surface area contributed by atoms with E-state index in [2.05, 4.69) is 25.9 Å². The molecule has 6 rings (SSSR count). The molecule has 1 amide bonds. The third-order valence-electron chi connectivity index (χ3n) is 8.03. The maximum atomic E-state index is 14.5. The average molecular weight is 637 g/mol. The lowest BCUT2D eigenvalue weighted by molar-refractivity contribution is -0.140. The molecule has 13 nitrogen and oxygen atoms in total. The van der Waals surface area contributed by atoms with Gasteiger partial charge >= 0.3 is 11.9 Å². The predicted molar refractivity (Wildman–Crippen MR) is 158 cm³/mol. The second kappa shape index (κ2) is 11.9. The fraction of sp³-hybridized carbons (Fsp3) is 0.333. The number of nitrogens with zero attached hydrogens (tertiary/aromatic N) is 4. The number of thiazole rings is 1. The van der Waals surface area contributed by atoms with E-state index in [0.29, 0.717) is 42.4 Å². The molecular formula is C30H29FN6O7S. The molecule has 2 aromatic carbocycles. The molecule has 0 radical (unpaired) electrons. The molecule has 3 heterocycles. The van der Waals surface area contributed by atoms with Crippen molar-refractivity contribution in [1.82, 2.24) is 25.3 Å². The number of aromatic nitrogens is 4. The van der Waals surface area contributed by atoms with Crippen molar-refractivity contribution in [3.05, 3.63) is 76.3 Å². The first-order chi connectivity index (χ1) is 21.6. The molecule has 1 fully saturated rings. The van der Waals surface area contributed by atoms with Gasteiger partial charge in [-0.1, -0.05) is 5.21 Å². The lowest BCUT2D eigenvalue weighted by Crippen LogP contribution is -2.47. The largest absolute Gasteiger partial charge is 0.488 e. The van der Waals surface area contributed by atoms with Gasteiger partial charge in [-0.05, 0) is 61.6 Å². The van der Waals surface area contributed by atoms with E-state index in [1.165, 1.54) is 22.1 Å². The number of carbonyl (C=O) groups excluding carboxylic acids is 1. The van der Waals surface area contributed by atoms with Crippen LogP contribution in [0.5, 0.6) is 17.2 Å². The summed E-state index contributed by atoms with van der Waals surface area (Å²) in [5.41, 5.74) is -0.127. The number of ether oxygens (including phenoxy) is 2. The maximum Gasteiger partial charge on any atom is 0.338 e. The van der Waals surface area contributed by atoms with Crippen LogP contribution in [-0.2, 0) is 33.5 Å². The lowest BCUT2D eigenvalue weighted by atomic mass is 9.81. The van der Waals surface area contributed by atoms with E-state index in [0.717, 1.165) is 23.3 Å². The lowest BCUT2D eigenvalue weighted by Gasteiger charge is -2.37. The molecule has 15 heteroatoms. The molecule has 2 aliphatic rings.